The topological polar surface area (TPSA) is 72.6 Å². The monoisotopic (exact) mass is 541 g/mol. The summed E-state index contributed by atoms with van der Waals surface area (Å²) in [6, 6.07) is 7.02. The molecule has 1 unspecified atom stereocenters. The number of hydrogen-bond acceptors (Lipinski definition) is 5. The van der Waals surface area contributed by atoms with E-state index >= 15 is 4.39 Å². The highest BCUT2D eigenvalue weighted by molar-refractivity contribution is 6.01. The molecule has 0 bridgehead atoms. The highest BCUT2D eigenvalue weighted by atomic mass is 19.4. The number of benzene rings is 1. The van der Waals surface area contributed by atoms with Crippen LogP contribution in [0.3, 0.4) is 0 Å². The molecule has 5 rings (SSSR count). The van der Waals surface area contributed by atoms with Gasteiger partial charge >= 0.3 is 12.4 Å². The van der Waals surface area contributed by atoms with Crippen LogP contribution >= 0.6 is 0 Å². The van der Waals surface area contributed by atoms with Gasteiger partial charge in [-0.15, -0.1) is 0 Å². The molecule has 2 aliphatic rings. The lowest BCUT2D eigenvalue weighted by molar-refractivity contribution is -0.276. The summed E-state index contributed by atoms with van der Waals surface area (Å²) in [6.07, 6.45) is -6.64. The molecule has 2 aliphatic heterocycles. The summed E-state index contributed by atoms with van der Waals surface area (Å²) in [5, 5.41) is 7.43. The molecule has 200 valence electrons. The number of halogens is 7. The van der Waals surface area contributed by atoms with Crippen molar-refractivity contribution in [3.8, 4) is 0 Å². The van der Waals surface area contributed by atoms with Crippen molar-refractivity contribution >= 4 is 11.6 Å². The second-order valence-electron chi connectivity index (χ2n) is 9.06. The van der Waals surface area contributed by atoms with Gasteiger partial charge in [0.15, 0.2) is 5.67 Å². The normalized spacial score (nSPS) is 21.0. The third-order valence-corrected chi connectivity index (χ3v) is 6.49. The second kappa shape index (κ2) is 8.81. The number of amides is 1. The van der Waals surface area contributed by atoms with E-state index in [1.807, 2.05) is 0 Å². The molecule has 0 radical (unpaired) electrons. The van der Waals surface area contributed by atoms with Crippen molar-refractivity contribution in [1.82, 2.24) is 19.7 Å². The van der Waals surface area contributed by atoms with E-state index < -0.39 is 41.2 Å². The van der Waals surface area contributed by atoms with E-state index in [9.17, 15) is 31.1 Å². The lowest BCUT2D eigenvalue weighted by Crippen LogP contribution is -2.59. The van der Waals surface area contributed by atoms with E-state index in [0.29, 0.717) is 12.1 Å². The second-order valence-corrected chi connectivity index (χ2v) is 9.06. The van der Waals surface area contributed by atoms with Crippen molar-refractivity contribution in [3.05, 3.63) is 83.4 Å². The predicted octanol–water partition coefficient (Wildman–Crippen LogP) is 4.59. The van der Waals surface area contributed by atoms with Crippen LogP contribution in [0.4, 0.5) is 30.7 Å². The maximum absolute atomic E-state index is 15.3. The Morgan fingerprint density at radius 3 is 2.42 bits per heavy atom. The van der Waals surface area contributed by atoms with E-state index in [1.165, 1.54) is 27.9 Å². The minimum atomic E-state index is -5.10. The fourth-order valence-corrected chi connectivity index (χ4v) is 4.36. The molecule has 0 N–H and O–H groups in total. The summed E-state index contributed by atoms with van der Waals surface area (Å²) >= 11 is 0. The molecule has 1 aromatic carbocycles. The first kappa shape index (κ1) is 25.7. The van der Waals surface area contributed by atoms with Crippen LogP contribution in [0.25, 0.3) is 0 Å². The fourth-order valence-electron chi connectivity index (χ4n) is 4.36. The Bertz CT molecular complexity index is 1360. The van der Waals surface area contributed by atoms with Gasteiger partial charge in [-0.25, -0.2) is 4.39 Å². The van der Waals surface area contributed by atoms with Gasteiger partial charge in [0.2, 0.25) is 5.91 Å². The number of hydrogen-bond donors (Lipinski definition) is 0. The van der Waals surface area contributed by atoms with E-state index in [4.69, 9.17) is 4.84 Å². The summed E-state index contributed by atoms with van der Waals surface area (Å²) in [5.74, 6) is -0.339. The zero-order valence-corrected chi connectivity index (χ0v) is 19.3. The molecule has 1 amide bonds. The van der Waals surface area contributed by atoms with E-state index in [-0.39, 0.29) is 42.5 Å². The average molecular weight is 541 g/mol. The van der Waals surface area contributed by atoms with Crippen molar-refractivity contribution < 1.29 is 40.4 Å². The molecular formula is C24H18F7N5O2. The Morgan fingerprint density at radius 2 is 1.82 bits per heavy atom. The fraction of sp³-hybridized carbons (Fsp3) is 0.333. The Kier molecular flexibility index (Phi) is 5.95. The minimum absolute atomic E-state index is 0.0242. The first-order chi connectivity index (χ1) is 17.8. The molecule has 2 aromatic heterocycles. The van der Waals surface area contributed by atoms with Crippen molar-refractivity contribution in [3.63, 3.8) is 0 Å². The van der Waals surface area contributed by atoms with Gasteiger partial charge in [0.25, 0.3) is 5.60 Å². The number of rotatable bonds is 5. The quantitative estimate of drug-likeness (QED) is 0.444. The van der Waals surface area contributed by atoms with Crippen LogP contribution in [0.2, 0.25) is 0 Å². The van der Waals surface area contributed by atoms with Gasteiger partial charge in [-0.3, -0.25) is 14.5 Å². The number of alkyl halides is 7. The van der Waals surface area contributed by atoms with Crippen molar-refractivity contribution in [2.45, 2.75) is 36.6 Å². The Balaban J connectivity index is 1.30. The highest BCUT2D eigenvalue weighted by Crippen LogP contribution is 2.49. The predicted molar refractivity (Wildman–Crippen MR) is 117 cm³/mol. The maximum atomic E-state index is 15.3. The number of aromatic nitrogens is 3. The Labute approximate surface area is 210 Å². The number of likely N-dealkylation sites (tertiary alicyclic amines) is 1. The van der Waals surface area contributed by atoms with Gasteiger partial charge in [0.05, 0.1) is 36.5 Å². The minimum Gasteiger partial charge on any atom is -0.374 e. The Morgan fingerprint density at radius 1 is 1.05 bits per heavy atom. The van der Waals surface area contributed by atoms with Crippen molar-refractivity contribution in [1.29, 1.82) is 0 Å². The Hall–Kier alpha value is -3.97. The van der Waals surface area contributed by atoms with Gasteiger partial charge in [0.1, 0.15) is 6.54 Å². The van der Waals surface area contributed by atoms with Gasteiger partial charge in [0, 0.05) is 29.7 Å². The molecule has 1 atom stereocenters. The number of oxime groups is 1. The molecule has 38 heavy (non-hydrogen) atoms. The summed E-state index contributed by atoms with van der Waals surface area (Å²) in [6.45, 7) is -0.561. The third kappa shape index (κ3) is 4.47. The smallest absolute Gasteiger partial charge is 0.374 e. The molecule has 0 aliphatic carbocycles. The van der Waals surface area contributed by atoms with Crippen LogP contribution in [-0.4, -0.2) is 50.5 Å². The zero-order chi connectivity index (χ0) is 27.3. The molecule has 1 fully saturated rings. The van der Waals surface area contributed by atoms with Gasteiger partial charge in [-0.1, -0.05) is 17.3 Å². The molecule has 14 heteroatoms. The SMILES string of the molecule is O=C(Cn1cccn1)N1CC(F)(c2ccc(C3=NOC(c4cccc(C(F)(F)F)c4)(C(F)(F)F)C3)cn2)C1. The van der Waals surface area contributed by atoms with Crippen LogP contribution in [-0.2, 0) is 33.6 Å². The molecule has 3 aromatic rings. The summed E-state index contributed by atoms with van der Waals surface area (Å²) < 4.78 is 98.5. The molecule has 0 spiro atoms. The average Bonchev–Trinajstić information content (AvgIpc) is 3.52. The van der Waals surface area contributed by atoms with Crippen LogP contribution in [0.15, 0.2) is 66.2 Å². The third-order valence-electron chi connectivity index (χ3n) is 6.49. The largest absolute Gasteiger partial charge is 0.435 e. The van der Waals surface area contributed by atoms with Crippen molar-refractivity contribution in [2.75, 3.05) is 13.1 Å². The summed E-state index contributed by atoms with van der Waals surface area (Å²) in [5.41, 5.74) is -7.23. The van der Waals surface area contributed by atoms with Crippen LogP contribution in [0, 0.1) is 0 Å². The number of pyridine rings is 1. The standard InChI is InChI=1S/C24H18F7N5O2/c25-21(13-35(14-21)20(37)12-36-8-2-7-33-36)19-6-5-15(11-32-19)18-10-22(38-34-18,24(29,30)31)16-3-1-4-17(9-16)23(26,27)28/h1-9,11H,10,12-14H2. The maximum Gasteiger partial charge on any atom is 0.435 e. The van der Waals surface area contributed by atoms with E-state index in [0.717, 1.165) is 18.3 Å². The number of carbonyl (C=O) groups is 1. The summed E-state index contributed by atoms with van der Waals surface area (Å²) in [4.78, 5) is 22.4. The van der Waals surface area contributed by atoms with E-state index in [2.05, 4.69) is 15.2 Å². The first-order valence-corrected chi connectivity index (χ1v) is 11.2. The lowest BCUT2D eigenvalue weighted by atomic mass is 9.85. The number of nitrogens with zero attached hydrogens (tertiary/aromatic N) is 5. The molecule has 7 nitrogen and oxygen atoms in total. The highest BCUT2D eigenvalue weighted by Gasteiger charge is 2.62. The number of carbonyl (C=O) groups excluding carboxylic acids is 1. The molecular weight excluding hydrogens is 523 g/mol. The van der Waals surface area contributed by atoms with Gasteiger partial charge in [-0.05, 0) is 30.3 Å². The van der Waals surface area contributed by atoms with Crippen molar-refractivity contribution in [2.24, 2.45) is 5.16 Å². The van der Waals surface area contributed by atoms with Crippen LogP contribution in [0.1, 0.15) is 28.8 Å². The zero-order valence-electron chi connectivity index (χ0n) is 19.3. The molecule has 4 heterocycles. The molecule has 1 saturated heterocycles. The van der Waals surface area contributed by atoms with Crippen LogP contribution < -0.4 is 0 Å². The van der Waals surface area contributed by atoms with Gasteiger partial charge < -0.3 is 9.74 Å². The summed E-state index contributed by atoms with van der Waals surface area (Å²) in [7, 11) is 0. The first-order valence-electron chi connectivity index (χ1n) is 11.2. The van der Waals surface area contributed by atoms with Crippen LogP contribution in [0.5, 0.6) is 0 Å². The molecule has 0 saturated carbocycles. The lowest BCUT2D eigenvalue weighted by Gasteiger charge is -2.43. The van der Waals surface area contributed by atoms with E-state index in [1.54, 1.807) is 12.3 Å². The van der Waals surface area contributed by atoms with Gasteiger partial charge in [-0.2, -0.15) is 31.4 Å².